The van der Waals surface area contributed by atoms with Gasteiger partial charge >= 0.3 is 5.97 Å². The van der Waals surface area contributed by atoms with Gasteiger partial charge in [0.05, 0.1) is 0 Å². The van der Waals surface area contributed by atoms with Crippen LogP contribution in [0.5, 0.6) is 5.75 Å². The molecule has 0 aromatic heterocycles. The van der Waals surface area contributed by atoms with E-state index in [0.717, 1.165) is 19.3 Å². The second-order valence-electron chi connectivity index (χ2n) is 6.42. The summed E-state index contributed by atoms with van der Waals surface area (Å²) in [6.07, 6.45) is 3.77. The van der Waals surface area contributed by atoms with Crippen LogP contribution >= 0.6 is 0 Å². The molecular weight excluding hydrogens is 336 g/mol. The van der Waals surface area contributed by atoms with Crippen LogP contribution in [0.25, 0.3) is 0 Å². The van der Waals surface area contributed by atoms with Crippen molar-refractivity contribution in [3.05, 3.63) is 24.3 Å². The number of carboxylic acids is 1. The number of hydrogen-bond donors (Lipinski definition) is 1. The van der Waals surface area contributed by atoms with E-state index in [1.807, 2.05) is 6.92 Å². The average Bonchev–Trinajstić information content (AvgIpc) is 2.65. The van der Waals surface area contributed by atoms with Gasteiger partial charge in [-0.1, -0.05) is 6.92 Å². The van der Waals surface area contributed by atoms with Crippen molar-refractivity contribution in [2.45, 2.75) is 45.1 Å². The Morgan fingerprint density at radius 2 is 1.92 bits per heavy atom. The minimum atomic E-state index is -1.05. The van der Waals surface area contributed by atoms with E-state index in [9.17, 15) is 14.4 Å². The van der Waals surface area contributed by atoms with Crippen molar-refractivity contribution < 1.29 is 24.2 Å². The number of aliphatic carboxylic acids is 1. The van der Waals surface area contributed by atoms with E-state index in [2.05, 4.69) is 0 Å². The molecule has 1 N–H and O–H groups in total. The molecule has 142 valence electrons. The largest absolute Gasteiger partial charge is 0.482 e. The standard InChI is InChI=1S/C19H26N2O5/c1-3-6-17(22)21-12-5-4-7-16(21)19(25)20(2)14-8-10-15(11-9-14)26-13-18(23)24/h8-11,16H,3-7,12-13H2,1-2H3,(H,23,24). The van der Waals surface area contributed by atoms with Gasteiger partial charge in [0.15, 0.2) is 6.61 Å². The summed E-state index contributed by atoms with van der Waals surface area (Å²) in [5, 5.41) is 8.63. The lowest BCUT2D eigenvalue weighted by Crippen LogP contribution is -2.52. The summed E-state index contributed by atoms with van der Waals surface area (Å²) < 4.78 is 5.10. The Morgan fingerprint density at radius 3 is 2.54 bits per heavy atom. The molecule has 0 spiro atoms. The average molecular weight is 362 g/mol. The van der Waals surface area contributed by atoms with Crippen LogP contribution in [0.4, 0.5) is 5.69 Å². The van der Waals surface area contributed by atoms with Gasteiger partial charge in [-0.2, -0.15) is 0 Å². The lowest BCUT2D eigenvalue weighted by atomic mass is 10.00. The molecule has 1 aromatic rings. The summed E-state index contributed by atoms with van der Waals surface area (Å²) in [4.78, 5) is 39.1. The number of likely N-dealkylation sites (tertiary alicyclic amines) is 1. The summed E-state index contributed by atoms with van der Waals surface area (Å²) in [5.41, 5.74) is 0.672. The third-order valence-corrected chi connectivity index (χ3v) is 4.49. The molecule has 0 aliphatic carbocycles. The third kappa shape index (κ3) is 4.97. The number of carboxylic acid groups (broad SMARTS) is 1. The van der Waals surface area contributed by atoms with E-state index in [-0.39, 0.29) is 11.8 Å². The molecular formula is C19H26N2O5. The Labute approximate surface area is 153 Å². The molecule has 1 heterocycles. The fourth-order valence-electron chi connectivity index (χ4n) is 3.11. The highest BCUT2D eigenvalue weighted by Gasteiger charge is 2.33. The Bertz CT molecular complexity index is 644. The predicted octanol–water partition coefficient (Wildman–Crippen LogP) is 2.29. The minimum absolute atomic E-state index is 0.0383. The first-order chi connectivity index (χ1) is 12.4. The normalized spacial score (nSPS) is 16.8. The quantitative estimate of drug-likeness (QED) is 0.804. The highest BCUT2D eigenvalue weighted by molar-refractivity contribution is 5.98. The first-order valence-electron chi connectivity index (χ1n) is 8.95. The van der Waals surface area contributed by atoms with Crippen LogP contribution in [-0.2, 0) is 14.4 Å². The second kappa shape index (κ2) is 9.22. The molecule has 26 heavy (non-hydrogen) atoms. The first-order valence-corrected chi connectivity index (χ1v) is 8.95. The van der Waals surface area contributed by atoms with Crippen molar-refractivity contribution in [2.24, 2.45) is 0 Å². The number of piperidine rings is 1. The smallest absolute Gasteiger partial charge is 0.341 e. The highest BCUT2D eigenvalue weighted by Crippen LogP contribution is 2.24. The van der Waals surface area contributed by atoms with Gasteiger partial charge in [0.25, 0.3) is 0 Å². The Morgan fingerprint density at radius 1 is 1.23 bits per heavy atom. The molecule has 1 atom stereocenters. The molecule has 1 aromatic carbocycles. The number of likely N-dealkylation sites (N-methyl/N-ethyl adjacent to an activating group) is 1. The van der Waals surface area contributed by atoms with Crippen LogP contribution in [0.15, 0.2) is 24.3 Å². The van der Waals surface area contributed by atoms with Gasteiger partial charge in [-0.3, -0.25) is 9.59 Å². The Hall–Kier alpha value is -2.57. The zero-order valence-corrected chi connectivity index (χ0v) is 15.3. The van der Waals surface area contributed by atoms with E-state index in [4.69, 9.17) is 9.84 Å². The van der Waals surface area contributed by atoms with Crippen molar-refractivity contribution in [2.75, 3.05) is 25.1 Å². The van der Waals surface area contributed by atoms with Crippen molar-refractivity contribution in [1.82, 2.24) is 4.90 Å². The molecule has 1 aliphatic heterocycles. The maximum Gasteiger partial charge on any atom is 0.341 e. The van der Waals surface area contributed by atoms with Crippen LogP contribution in [-0.4, -0.2) is 54.0 Å². The maximum absolute atomic E-state index is 12.9. The van der Waals surface area contributed by atoms with E-state index >= 15 is 0 Å². The lowest BCUT2D eigenvalue weighted by molar-refractivity contribution is -0.141. The van der Waals surface area contributed by atoms with E-state index < -0.39 is 18.6 Å². The molecule has 0 radical (unpaired) electrons. The summed E-state index contributed by atoms with van der Waals surface area (Å²) >= 11 is 0. The molecule has 2 amide bonds. The fourth-order valence-corrected chi connectivity index (χ4v) is 3.11. The van der Waals surface area contributed by atoms with Gasteiger partial charge in [0.2, 0.25) is 11.8 Å². The summed E-state index contributed by atoms with van der Waals surface area (Å²) in [5.74, 6) is -0.686. The van der Waals surface area contributed by atoms with Crippen molar-refractivity contribution in [3.8, 4) is 5.75 Å². The predicted molar refractivity (Wildman–Crippen MR) is 97.2 cm³/mol. The highest BCUT2D eigenvalue weighted by atomic mass is 16.5. The lowest BCUT2D eigenvalue weighted by Gasteiger charge is -2.37. The van der Waals surface area contributed by atoms with Gasteiger partial charge in [-0.15, -0.1) is 0 Å². The topological polar surface area (TPSA) is 87.2 Å². The molecule has 0 saturated carbocycles. The van der Waals surface area contributed by atoms with Gasteiger partial charge in [0.1, 0.15) is 11.8 Å². The van der Waals surface area contributed by atoms with Crippen LogP contribution in [0, 0.1) is 0 Å². The summed E-state index contributed by atoms with van der Waals surface area (Å²) in [7, 11) is 1.69. The zero-order valence-electron chi connectivity index (χ0n) is 15.3. The number of nitrogens with zero attached hydrogens (tertiary/aromatic N) is 2. The number of ether oxygens (including phenoxy) is 1. The second-order valence-corrected chi connectivity index (χ2v) is 6.42. The number of hydrogen-bond acceptors (Lipinski definition) is 4. The monoisotopic (exact) mass is 362 g/mol. The molecule has 7 heteroatoms. The number of anilines is 1. The summed E-state index contributed by atoms with van der Waals surface area (Å²) in [6, 6.07) is 6.24. The van der Waals surface area contributed by atoms with E-state index in [1.165, 1.54) is 0 Å². The molecule has 7 nitrogen and oxygen atoms in total. The van der Waals surface area contributed by atoms with Gasteiger partial charge < -0.3 is 19.6 Å². The zero-order chi connectivity index (χ0) is 19.1. The number of carbonyl (C=O) groups excluding carboxylic acids is 2. The SMILES string of the molecule is CCCC(=O)N1CCCCC1C(=O)N(C)c1ccc(OCC(=O)O)cc1. The minimum Gasteiger partial charge on any atom is -0.482 e. The molecule has 2 rings (SSSR count). The molecule has 1 fully saturated rings. The third-order valence-electron chi connectivity index (χ3n) is 4.49. The first kappa shape index (κ1) is 19.8. The van der Waals surface area contributed by atoms with Gasteiger partial charge in [-0.25, -0.2) is 4.79 Å². The number of benzene rings is 1. The molecule has 1 aliphatic rings. The van der Waals surface area contributed by atoms with Crippen molar-refractivity contribution >= 4 is 23.5 Å². The van der Waals surface area contributed by atoms with Gasteiger partial charge in [-0.05, 0) is 49.9 Å². The molecule has 1 unspecified atom stereocenters. The van der Waals surface area contributed by atoms with Crippen LogP contribution in [0.3, 0.4) is 0 Å². The molecule has 0 bridgehead atoms. The van der Waals surface area contributed by atoms with Crippen molar-refractivity contribution in [1.29, 1.82) is 0 Å². The fraction of sp³-hybridized carbons (Fsp3) is 0.526. The van der Waals surface area contributed by atoms with Crippen molar-refractivity contribution in [3.63, 3.8) is 0 Å². The van der Waals surface area contributed by atoms with Gasteiger partial charge in [0, 0.05) is 25.7 Å². The van der Waals surface area contributed by atoms with E-state index in [0.29, 0.717) is 30.8 Å². The Balaban J connectivity index is 2.06. The number of carbonyl (C=O) groups is 3. The number of amides is 2. The van der Waals surface area contributed by atoms with Crippen LogP contribution in [0.2, 0.25) is 0 Å². The maximum atomic E-state index is 12.9. The number of rotatable bonds is 7. The van der Waals surface area contributed by atoms with E-state index in [1.54, 1.807) is 41.1 Å². The summed E-state index contributed by atoms with van der Waals surface area (Å²) in [6.45, 7) is 2.18. The Kier molecular flexibility index (Phi) is 7.00. The molecule has 1 saturated heterocycles. The van der Waals surface area contributed by atoms with Crippen LogP contribution < -0.4 is 9.64 Å². The van der Waals surface area contributed by atoms with Crippen LogP contribution in [0.1, 0.15) is 39.0 Å².